The van der Waals surface area contributed by atoms with Gasteiger partial charge < -0.3 is 0 Å². The Morgan fingerprint density at radius 3 is 2.71 bits per heavy atom. The molecule has 21 heavy (non-hydrogen) atoms. The zero-order valence-electron chi connectivity index (χ0n) is 12.0. The number of hydrogen-bond acceptors (Lipinski definition) is 3. The van der Waals surface area contributed by atoms with E-state index in [1.165, 1.54) is 37.0 Å². The Bertz CT molecular complexity index is 669. The summed E-state index contributed by atoms with van der Waals surface area (Å²) in [6.45, 7) is 1.87. The third-order valence-corrected chi connectivity index (χ3v) is 9.17. The fraction of sp³-hybridized carbons (Fsp3) is 0.733. The summed E-state index contributed by atoms with van der Waals surface area (Å²) in [5.74, 6) is 3.03. The van der Waals surface area contributed by atoms with E-state index in [1.54, 1.807) is 6.07 Å². The summed E-state index contributed by atoms with van der Waals surface area (Å²) in [5, 5.41) is 0. The predicted octanol–water partition coefficient (Wildman–Crippen LogP) is 3.92. The maximum atomic E-state index is 12.7. The van der Waals surface area contributed by atoms with Crippen LogP contribution >= 0.6 is 27.3 Å². The van der Waals surface area contributed by atoms with Gasteiger partial charge in [0.25, 0.3) is 0 Å². The minimum absolute atomic E-state index is 0.164. The summed E-state index contributed by atoms with van der Waals surface area (Å²) in [4.78, 5) is 1.31. The number of aryl methyl sites for hydroxylation is 1. The fourth-order valence-corrected chi connectivity index (χ4v) is 8.88. The van der Waals surface area contributed by atoms with Crippen LogP contribution in [0, 0.1) is 30.6 Å². The van der Waals surface area contributed by atoms with Crippen molar-refractivity contribution in [1.82, 2.24) is 4.72 Å². The molecule has 3 saturated carbocycles. The molecule has 116 valence electrons. The van der Waals surface area contributed by atoms with Crippen LogP contribution in [0.1, 0.15) is 37.0 Å². The van der Waals surface area contributed by atoms with Crippen molar-refractivity contribution in [2.45, 2.75) is 50.0 Å². The summed E-state index contributed by atoms with van der Waals surface area (Å²) in [5.41, 5.74) is 0. The molecule has 0 spiro atoms. The van der Waals surface area contributed by atoms with E-state index in [0.717, 1.165) is 32.8 Å². The average molecular weight is 390 g/mol. The highest BCUT2D eigenvalue weighted by Gasteiger charge is 2.54. The largest absolute Gasteiger partial charge is 0.241 e. The molecule has 3 aliphatic rings. The number of nitrogens with one attached hydrogen (secondary N) is 1. The van der Waals surface area contributed by atoms with Crippen molar-refractivity contribution < 1.29 is 8.42 Å². The number of hydrogen-bond donors (Lipinski definition) is 1. The highest BCUT2D eigenvalue weighted by Crippen LogP contribution is 2.58. The van der Waals surface area contributed by atoms with E-state index in [9.17, 15) is 8.42 Å². The smallest absolute Gasteiger partial charge is 0.208 e. The van der Waals surface area contributed by atoms with Gasteiger partial charge in [-0.1, -0.05) is 6.42 Å². The fourth-order valence-electron chi connectivity index (χ4n) is 5.16. The molecule has 0 aromatic carbocycles. The molecule has 0 amide bonds. The third-order valence-electron chi connectivity index (χ3n) is 5.87. The molecule has 3 fully saturated rings. The maximum Gasteiger partial charge on any atom is 0.241 e. The molecule has 5 unspecified atom stereocenters. The zero-order valence-corrected chi connectivity index (χ0v) is 15.2. The maximum absolute atomic E-state index is 12.7. The predicted molar refractivity (Wildman–Crippen MR) is 87.9 cm³/mol. The molecule has 2 bridgehead atoms. The van der Waals surface area contributed by atoms with Gasteiger partial charge in [-0.25, -0.2) is 13.1 Å². The summed E-state index contributed by atoms with van der Waals surface area (Å²) in [6, 6.07) is 1.89. The Labute approximate surface area is 138 Å². The van der Waals surface area contributed by atoms with Crippen LogP contribution in [0.25, 0.3) is 0 Å². The molecule has 3 aliphatic carbocycles. The molecule has 1 aromatic heterocycles. The molecule has 4 rings (SSSR count). The lowest BCUT2D eigenvalue weighted by molar-refractivity contribution is 0.224. The summed E-state index contributed by atoms with van der Waals surface area (Å²) < 4.78 is 29.2. The van der Waals surface area contributed by atoms with Gasteiger partial charge in [-0.3, -0.25) is 0 Å². The standard InChI is InChI=1S/C15H20BrNO2S2/c1-8-14(7-15(16)20-8)21(18,19)17-13-6-9-5-12(13)11-4-2-3-10(9)11/h7,9-13,17H,2-6H2,1H3. The van der Waals surface area contributed by atoms with Gasteiger partial charge in [0.15, 0.2) is 0 Å². The lowest BCUT2D eigenvalue weighted by atomic mass is 9.79. The molecular formula is C15H20BrNO2S2. The summed E-state index contributed by atoms with van der Waals surface area (Å²) >= 11 is 4.87. The van der Waals surface area contributed by atoms with Crippen molar-refractivity contribution in [3.05, 3.63) is 14.7 Å². The van der Waals surface area contributed by atoms with Crippen molar-refractivity contribution in [3.8, 4) is 0 Å². The molecule has 5 atom stereocenters. The molecule has 0 aliphatic heterocycles. The Kier molecular flexibility index (Phi) is 3.52. The highest BCUT2D eigenvalue weighted by atomic mass is 79.9. The van der Waals surface area contributed by atoms with Gasteiger partial charge in [0.05, 0.1) is 8.68 Å². The molecule has 6 heteroatoms. The van der Waals surface area contributed by atoms with E-state index in [0.29, 0.717) is 10.8 Å². The number of fused-ring (bicyclic) bond motifs is 5. The van der Waals surface area contributed by atoms with E-state index < -0.39 is 10.0 Å². The van der Waals surface area contributed by atoms with Gasteiger partial charge in [-0.15, -0.1) is 11.3 Å². The first kappa shape index (κ1) is 14.7. The van der Waals surface area contributed by atoms with Crippen LogP contribution < -0.4 is 4.72 Å². The van der Waals surface area contributed by atoms with Gasteiger partial charge >= 0.3 is 0 Å². The van der Waals surface area contributed by atoms with E-state index in [4.69, 9.17) is 0 Å². The molecule has 1 aromatic rings. The van der Waals surface area contributed by atoms with Gasteiger partial charge in [0.2, 0.25) is 10.0 Å². The summed E-state index contributed by atoms with van der Waals surface area (Å²) in [6.07, 6.45) is 6.33. The van der Waals surface area contributed by atoms with E-state index in [1.807, 2.05) is 6.92 Å². The minimum atomic E-state index is -3.37. The SMILES string of the molecule is Cc1sc(Br)cc1S(=O)(=O)NC1CC2CC1C1CCCC21. The Morgan fingerprint density at radius 2 is 2.00 bits per heavy atom. The number of rotatable bonds is 3. The van der Waals surface area contributed by atoms with Crippen molar-refractivity contribution in [1.29, 1.82) is 0 Å². The third kappa shape index (κ3) is 2.33. The second kappa shape index (κ2) is 5.05. The normalized spacial score (nSPS) is 38.1. The molecular weight excluding hydrogens is 370 g/mol. The van der Waals surface area contributed by atoms with Crippen molar-refractivity contribution in [2.24, 2.45) is 23.7 Å². The van der Waals surface area contributed by atoms with Crippen LogP contribution in [-0.4, -0.2) is 14.5 Å². The van der Waals surface area contributed by atoms with Crippen LogP contribution in [0.3, 0.4) is 0 Å². The van der Waals surface area contributed by atoms with Gasteiger partial charge in [0, 0.05) is 10.9 Å². The molecule has 0 saturated heterocycles. The number of sulfonamides is 1. The van der Waals surface area contributed by atoms with Crippen LogP contribution in [0.5, 0.6) is 0 Å². The first-order valence-corrected chi connectivity index (χ1v) is 10.8. The molecule has 1 heterocycles. The van der Waals surface area contributed by atoms with Crippen LogP contribution in [-0.2, 0) is 10.0 Å². The van der Waals surface area contributed by atoms with Gasteiger partial charge in [-0.2, -0.15) is 0 Å². The summed E-state index contributed by atoms with van der Waals surface area (Å²) in [7, 11) is -3.37. The quantitative estimate of drug-likeness (QED) is 0.850. The molecule has 0 radical (unpaired) electrons. The Balaban J connectivity index is 1.56. The van der Waals surface area contributed by atoms with Crippen molar-refractivity contribution in [2.75, 3.05) is 0 Å². The zero-order chi connectivity index (χ0) is 14.8. The Morgan fingerprint density at radius 1 is 1.24 bits per heavy atom. The Hall–Kier alpha value is 0.0900. The van der Waals surface area contributed by atoms with Crippen molar-refractivity contribution in [3.63, 3.8) is 0 Å². The monoisotopic (exact) mass is 389 g/mol. The molecule has 1 N–H and O–H groups in total. The van der Waals surface area contributed by atoms with E-state index in [2.05, 4.69) is 20.7 Å². The first-order chi connectivity index (χ1) is 9.95. The van der Waals surface area contributed by atoms with Crippen LogP contribution in [0.15, 0.2) is 14.7 Å². The lowest BCUT2D eigenvalue weighted by Gasteiger charge is -2.31. The van der Waals surface area contributed by atoms with E-state index >= 15 is 0 Å². The van der Waals surface area contributed by atoms with Gasteiger partial charge in [0.1, 0.15) is 0 Å². The lowest BCUT2D eigenvalue weighted by Crippen LogP contribution is -2.42. The first-order valence-electron chi connectivity index (χ1n) is 7.74. The van der Waals surface area contributed by atoms with Crippen LogP contribution in [0.4, 0.5) is 0 Å². The second-order valence-electron chi connectivity index (χ2n) is 6.85. The van der Waals surface area contributed by atoms with E-state index in [-0.39, 0.29) is 6.04 Å². The number of halogens is 1. The van der Waals surface area contributed by atoms with Gasteiger partial charge in [-0.05, 0) is 78.3 Å². The highest BCUT2D eigenvalue weighted by molar-refractivity contribution is 9.11. The topological polar surface area (TPSA) is 46.2 Å². The number of thiophene rings is 1. The van der Waals surface area contributed by atoms with Crippen LogP contribution in [0.2, 0.25) is 0 Å². The minimum Gasteiger partial charge on any atom is -0.208 e. The second-order valence-corrected chi connectivity index (χ2v) is 11.2. The molecule has 3 nitrogen and oxygen atoms in total. The average Bonchev–Trinajstić information content (AvgIpc) is 3.09. The van der Waals surface area contributed by atoms with Crippen molar-refractivity contribution >= 4 is 37.3 Å².